The largest absolute Gasteiger partial charge is 0.303 e. The molecule has 0 bridgehead atoms. The van der Waals surface area contributed by atoms with Crippen molar-refractivity contribution in [2.24, 2.45) is 10.2 Å². The predicted molar refractivity (Wildman–Crippen MR) is 74.7 cm³/mol. The third kappa shape index (κ3) is 3.17. The number of carbonyl (C=O) groups excluding carboxylic acids is 1. The van der Waals surface area contributed by atoms with Crippen molar-refractivity contribution in [1.29, 1.82) is 0 Å². The number of rotatable bonds is 3. The highest BCUT2D eigenvalue weighted by Crippen LogP contribution is 2.15. The highest BCUT2D eigenvalue weighted by Gasteiger charge is 2.16. The molecule has 18 heavy (non-hydrogen) atoms. The first-order chi connectivity index (χ1) is 8.70. The van der Waals surface area contributed by atoms with Gasteiger partial charge in [0.1, 0.15) is 5.82 Å². The van der Waals surface area contributed by atoms with Gasteiger partial charge in [-0.2, -0.15) is 5.10 Å². The lowest BCUT2D eigenvalue weighted by Crippen LogP contribution is -2.19. The molecular formula is C11H9BrFN3OS. The summed E-state index contributed by atoms with van der Waals surface area (Å²) in [5, 5.41) is 11.1. The Bertz CT molecular complexity index is 533. The van der Waals surface area contributed by atoms with E-state index in [-0.39, 0.29) is 11.7 Å². The minimum Gasteiger partial charge on any atom is -0.303 e. The molecule has 7 heteroatoms. The molecule has 4 nitrogen and oxygen atoms in total. The number of carbonyl (C=O) groups is 1. The maximum absolute atomic E-state index is 13.6. The zero-order chi connectivity index (χ0) is 13.0. The quantitative estimate of drug-likeness (QED) is 0.525. The van der Waals surface area contributed by atoms with Crippen molar-refractivity contribution in [1.82, 2.24) is 5.32 Å². The van der Waals surface area contributed by atoms with Crippen LogP contribution in [0.5, 0.6) is 0 Å². The van der Waals surface area contributed by atoms with Gasteiger partial charge in [0, 0.05) is 10.9 Å². The van der Waals surface area contributed by atoms with Gasteiger partial charge in [0.2, 0.25) is 5.91 Å². The van der Waals surface area contributed by atoms with Gasteiger partial charge in [-0.15, -0.1) is 5.10 Å². The zero-order valence-corrected chi connectivity index (χ0v) is 11.6. The summed E-state index contributed by atoms with van der Waals surface area (Å²) in [6.07, 6.45) is 1.35. The van der Waals surface area contributed by atoms with Gasteiger partial charge in [0.15, 0.2) is 5.17 Å². The van der Waals surface area contributed by atoms with E-state index in [1.165, 1.54) is 24.0 Å². The topological polar surface area (TPSA) is 53.8 Å². The summed E-state index contributed by atoms with van der Waals surface area (Å²) in [7, 11) is 0. The molecule has 0 aromatic heterocycles. The first-order valence-electron chi connectivity index (χ1n) is 5.07. The van der Waals surface area contributed by atoms with Gasteiger partial charge in [-0.25, -0.2) is 4.39 Å². The Balaban J connectivity index is 2.16. The van der Waals surface area contributed by atoms with Gasteiger partial charge in [-0.3, -0.25) is 4.79 Å². The lowest BCUT2D eigenvalue weighted by Gasteiger charge is -2.01. The Morgan fingerprint density at radius 3 is 3.06 bits per heavy atom. The Morgan fingerprint density at radius 2 is 2.39 bits per heavy atom. The number of thioether (sulfide) groups is 1. The zero-order valence-electron chi connectivity index (χ0n) is 9.19. The van der Waals surface area contributed by atoms with Crippen LogP contribution in [0.2, 0.25) is 0 Å². The van der Waals surface area contributed by atoms with Gasteiger partial charge < -0.3 is 5.32 Å². The van der Waals surface area contributed by atoms with Crippen LogP contribution in [0.3, 0.4) is 0 Å². The summed E-state index contributed by atoms with van der Waals surface area (Å²) in [4.78, 5) is 10.9. The molecule has 2 rings (SSSR count). The second-order valence-electron chi connectivity index (χ2n) is 3.43. The second kappa shape index (κ2) is 6.10. The van der Waals surface area contributed by atoms with Crippen molar-refractivity contribution >= 4 is 45.0 Å². The van der Waals surface area contributed by atoms with Gasteiger partial charge in [-0.1, -0.05) is 39.8 Å². The number of amidine groups is 1. The molecule has 1 aromatic rings. The first-order valence-corrected chi connectivity index (χ1v) is 7.18. The van der Waals surface area contributed by atoms with Crippen LogP contribution in [0.1, 0.15) is 11.1 Å². The van der Waals surface area contributed by atoms with E-state index < -0.39 is 0 Å². The Morgan fingerprint density at radius 1 is 1.56 bits per heavy atom. The van der Waals surface area contributed by atoms with E-state index in [9.17, 15) is 9.18 Å². The third-order valence-electron chi connectivity index (χ3n) is 2.21. The molecule has 1 heterocycles. The van der Waals surface area contributed by atoms with Crippen LogP contribution in [-0.4, -0.2) is 23.0 Å². The van der Waals surface area contributed by atoms with Crippen LogP contribution >= 0.6 is 27.7 Å². The van der Waals surface area contributed by atoms with E-state index in [0.29, 0.717) is 21.8 Å². The van der Waals surface area contributed by atoms with Crippen molar-refractivity contribution in [3.8, 4) is 0 Å². The summed E-state index contributed by atoms with van der Waals surface area (Å²) in [6.45, 7) is 0. The number of nitrogens with one attached hydrogen (secondary N) is 1. The predicted octanol–water partition coefficient (Wildman–Crippen LogP) is 2.27. The molecule has 1 aromatic carbocycles. The maximum Gasteiger partial charge on any atom is 0.236 e. The van der Waals surface area contributed by atoms with E-state index in [2.05, 4.69) is 31.4 Å². The number of halogens is 2. The fraction of sp³-hybridized carbons (Fsp3) is 0.182. The van der Waals surface area contributed by atoms with E-state index in [1.54, 1.807) is 12.1 Å². The summed E-state index contributed by atoms with van der Waals surface area (Å²) in [5.74, 6) is -0.0965. The van der Waals surface area contributed by atoms with Crippen LogP contribution < -0.4 is 5.32 Å². The third-order valence-corrected chi connectivity index (χ3v) is 3.68. The number of nitrogens with zero attached hydrogens (tertiary/aromatic N) is 2. The van der Waals surface area contributed by atoms with E-state index >= 15 is 0 Å². The van der Waals surface area contributed by atoms with Crippen molar-refractivity contribution < 1.29 is 9.18 Å². The molecule has 0 aliphatic carbocycles. The molecule has 1 N–H and O–H groups in total. The van der Waals surface area contributed by atoms with E-state index in [0.717, 1.165) is 5.56 Å². The minimum absolute atomic E-state index is 0.0963. The summed E-state index contributed by atoms with van der Waals surface area (Å²) in [5.41, 5.74) is 1.19. The van der Waals surface area contributed by atoms with Gasteiger partial charge in [-0.05, 0) is 11.6 Å². The van der Waals surface area contributed by atoms with Gasteiger partial charge in [0.05, 0.1) is 12.0 Å². The van der Waals surface area contributed by atoms with Crippen molar-refractivity contribution in [3.05, 3.63) is 35.1 Å². The smallest absolute Gasteiger partial charge is 0.236 e. The molecule has 1 aliphatic heterocycles. The van der Waals surface area contributed by atoms with Crippen LogP contribution in [-0.2, 0) is 10.1 Å². The average Bonchev–Trinajstić information content (AvgIpc) is 2.77. The molecule has 0 unspecified atom stereocenters. The fourth-order valence-electron chi connectivity index (χ4n) is 1.36. The van der Waals surface area contributed by atoms with Crippen molar-refractivity contribution in [2.45, 2.75) is 5.33 Å². The number of benzene rings is 1. The second-order valence-corrected chi connectivity index (χ2v) is 4.96. The molecule has 0 radical (unpaired) electrons. The highest BCUT2D eigenvalue weighted by atomic mass is 79.9. The number of hydrogen-bond donors (Lipinski definition) is 1. The minimum atomic E-state index is -0.348. The highest BCUT2D eigenvalue weighted by molar-refractivity contribution is 9.08. The van der Waals surface area contributed by atoms with Gasteiger partial charge >= 0.3 is 0 Å². The lowest BCUT2D eigenvalue weighted by molar-refractivity contribution is -0.116. The summed E-state index contributed by atoms with van der Waals surface area (Å²) < 4.78 is 13.6. The lowest BCUT2D eigenvalue weighted by atomic mass is 10.1. The molecule has 0 saturated carbocycles. The first kappa shape index (κ1) is 13.2. The molecule has 1 saturated heterocycles. The standard InChI is InChI=1S/C11H9BrFN3OS/c12-4-7-2-1-3-9(13)8(7)5-14-16-11-15-10(17)6-18-11/h1-3,5H,4,6H2,(H,15,16,17). The molecule has 94 valence electrons. The molecule has 0 spiro atoms. The molecule has 1 amide bonds. The average molecular weight is 330 g/mol. The molecular weight excluding hydrogens is 321 g/mol. The number of alkyl halides is 1. The maximum atomic E-state index is 13.6. The van der Waals surface area contributed by atoms with Crippen LogP contribution in [0.4, 0.5) is 4.39 Å². The monoisotopic (exact) mass is 329 g/mol. The summed E-state index contributed by atoms with van der Waals surface area (Å²) in [6, 6.07) is 4.81. The fourth-order valence-corrected chi connectivity index (χ4v) is 2.48. The van der Waals surface area contributed by atoms with Crippen LogP contribution in [0, 0.1) is 5.82 Å². The van der Waals surface area contributed by atoms with Crippen molar-refractivity contribution in [3.63, 3.8) is 0 Å². The molecule has 0 atom stereocenters. The molecule has 1 aliphatic rings. The van der Waals surface area contributed by atoms with Crippen LogP contribution in [0.25, 0.3) is 0 Å². The van der Waals surface area contributed by atoms with E-state index in [4.69, 9.17) is 0 Å². The van der Waals surface area contributed by atoms with Crippen LogP contribution in [0.15, 0.2) is 28.4 Å². The normalized spacial score (nSPS) is 17.7. The summed E-state index contributed by atoms with van der Waals surface area (Å²) >= 11 is 4.56. The number of hydrogen-bond acceptors (Lipinski definition) is 4. The molecule has 1 fully saturated rings. The number of amides is 1. The van der Waals surface area contributed by atoms with Gasteiger partial charge in [0.25, 0.3) is 0 Å². The Kier molecular flexibility index (Phi) is 4.48. The Labute approximate surface area is 116 Å². The van der Waals surface area contributed by atoms with E-state index in [1.807, 2.05) is 0 Å². The Hall–Kier alpha value is -1.21. The van der Waals surface area contributed by atoms with Crippen molar-refractivity contribution in [2.75, 3.05) is 5.75 Å². The SMILES string of the molecule is O=C1CSC(=NN=Cc2c(F)cccc2CBr)N1.